The summed E-state index contributed by atoms with van der Waals surface area (Å²) in [6.45, 7) is 4.60. The van der Waals surface area contributed by atoms with Gasteiger partial charge in [0.15, 0.2) is 0 Å². The maximum atomic E-state index is 13.2. The van der Waals surface area contributed by atoms with E-state index < -0.39 is 29.5 Å². The van der Waals surface area contributed by atoms with Crippen molar-refractivity contribution in [3.8, 4) is 0 Å². The van der Waals surface area contributed by atoms with E-state index in [2.05, 4.69) is 15.3 Å². The number of nitrogens with zero attached hydrogens (tertiary/aromatic N) is 3. The minimum atomic E-state index is -2.89. The summed E-state index contributed by atoms with van der Waals surface area (Å²) in [5.74, 6) is -4.87. The Balaban J connectivity index is 2.37. The summed E-state index contributed by atoms with van der Waals surface area (Å²) >= 11 is 0. The molecule has 2 unspecified atom stereocenters. The Morgan fingerprint density at radius 2 is 2.11 bits per heavy atom. The minimum absolute atomic E-state index is 0.187. The van der Waals surface area contributed by atoms with Crippen LogP contribution < -0.4 is 5.32 Å². The van der Waals surface area contributed by atoms with Crippen molar-refractivity contribution in [2.75, 3.05) is 13.1 Å². The Hall–Kier alpha value is -1.56. The molecule has 1 amide bonds. The number of carbonyl (C=O) groups excluding carboxylic acids is 1. The van der Waals surface area contributed by atoms with Crippen LogP contribution in [0.25, 0.3) is 10.4 Å². The molecule has 0 saturated heterocycles. The molecule has 1 N–H and O–H groups in total. The second kappa shape index (κ2) is 4.97. The van der Waals surface area contributed by atoms with E-state index in [1.807, 2.05) is 0 Å². The van der Waals surface area contributed by atoms with Crippen molar-refractivity contribution in [2.45, 2.75) is 32.3 Å². The maximum absolute atomic E-state index is 13.2. The molecule has 0 aromatic carbocycles. The Morgan fingerprint density at radius 3 is 2.61 bits per heavy atom. The normalized spacial score (nSPS) is 24.9. The van der Waals surface area contributed by atoms with Gasteiger partial charge >= 0.3 is 6.09 Å². The van der Waals surface area contributed by atoms with E-state index in [0.29, 0.717) is 0 Å². The van der Waals surface area contributed by atoms with E-state index >= 15 is 0 Å². The number of hydrogen-bond donors (Lipinski definition) is 1. The predicted molar refractivity (Wildman–Crippen MR) is 60.2 cm³/mol. The Bertz CT molecular complexity index is 375. The first-order chi connectivity index (χ1) is 8.18. The SMILES string of the molecule is CC(C)(C)OC(=O)NCC1C(CN=[N+]=[N-])C1(F)F. The van der Waals surface area contributed by atoms with Gasteiger partial charge in [0.2, 0.25) is 0 Å². The Morgan fingerprint density at radius 1 is 1.50 bits per heavy atom. The van der Waals surface area contributed by atoms with Gasteiger partial charge < -0.3 is 10.1 Å². The summed E-state index contributed by atoms with van der Waals surface area (Å²) in [5, 5.41) is 5.41. The van der Waals surface area contributed by atoms with Crippen LogP contribution in [0.15, 0.2) is 5.11 Å². The van der Waals surface area contributed by atoms with Crippen LogP contribution in [0.5, 0.6) is 0 Å². The van der Waals surface area contributed by atoms with Crippen LogP contribution in [0, 0.1) is 11.8 Å². The number of azide groups is 1. The first-order valence-electron chi connectivity index (χ1n) is 5.54. The van der Waals surface area contributed by atoms with Gasteiger partial charge in [0, 0.05) is 29.8 Å². The molecule has 2 atom stereocenters. The van der Waals surface area contributed by atoms with Gasteiger partial charge in [-0.05, 0) is 26.3 Å². The lowest BCUT2D eigenvalue weighted by atomic mass is 10.2. The van der Waals surface area contributed by atoms with Gasteiger partial charge in [0.05, 0.1) is 0 Å². The largest absolute Gasteiger partial charge is 0.444 e. The van der Waals surface area contributed by atoms with Crippen LogP contribution >= 0.6 is 0 Å². The molecule has 1 saturated carbocycles. The first kappa shape index (κ1) is 14.5. The van der Waals surface area contributed by atoms with E-state index in [1.54, 1.807) is 20.8 Å². The number of nitrogens with one attached hydrogen (secondary N) is 1. The van der Waals surface area contributed by atoms with Crippen molar-refractivity contribution < 1.29 is 18.3 Å². The monoisotopic (exact) mass is 262 g/mol. The number of alkyl halides is 2. The quantitative estimate of drug-likeness (QED) is 0.479. The van der Waals surface area contributed by atoms with Gasteiger partial charge in [-0.1, -0.05) is 5.11 Å². The fourth-order valence-corrected chi connectivity index (χ4v) is 1.62. The smallest absolute Gasteiger partial charge is 0.407 e. The molecule has 0 heterocycles. The summed E-state index contributed by atoms with van der Waals surface area (Å²) in [7, 11) is 0. The molecule has 8 heteroatoms. The predicted octanol–water partition coefficient (Wildman–Crippen LogP) is 2.70. The van der Waals surface area contributed by atoms with Crippen LogP contribution in [-0.2, 0) is 4.74 Å². The molecular weight excluding hydrogens is 246 g/mol. The number of ether oxygens (including phenoxy) is 1. The first-order valence-corrected chi connectivity index (χ1v) is 5.54. The van der Waals surface area contributed by atoms with E-state index in [1.165, 1.54) is 0 Å². The van der Waals surface area contributed by atoms with Crippen LogP contribution in [0.1, 0.15) is 20.8 Å². The highest BCUT2D eigenvalue weighted by Crippen LogP contribution is 2.54. The van der Waals surface area contributed by atoms with Crippen LogP contribution in [0.3, 0.4) is 0 Å². The zero-order chi connectivity index (χ0) is 14.0. The Kier molecular flexibility index (Phi) is 4.01. The van der Waals surface area contributed by atoms with Gasteiger partial charge in [-0.2, -0.15) is 0 Å². The lowest BCUT2D eigenvalue weighted by molar-refractivity contribution is 0.0507. The number of halogens is 2. The molecule has 0 aliphatic heterocycles. The molecule has 1 aliphatic carbocycles. The molecule has 0 radical (unpaired) electrons. The third-order valence-electron chi connectivity index (χ3n) is 2.57. The summed E-state index contributed by atoms with van der Waals surface area (Å²) in [4.78, 5) is 13.7. The number of hydrogen-bond acceptors (Lipinski definition) is 3. The third kappa shape index (κ3) is 3.73. The number of carbonyl (C=O) groups is 1. The molecule has 0 aromatic heterocycles. The molecule has 0 spiro atoms. The molecule has 18 heavy (non-hydrogen) atoms. The summed E-state index contributed by atoms with van der Waals surface area (Å²) in [5.41, 5.74) is 7.40. The minimum Gasteiger partial charge on any atom is -0.444 e. The lowest BCUT2D eigenvalue weighted by Gasteiger charge is -2.19. The van der Waals surface area contributed by atoms with E-state index in [-0.39, 0.29) is 13.1 Å². The van der Waals surface area contributed by atoms with Gasteiger partial charge in [-0.15, -0.1) is 0 Å². The Labute approximate surface area is 103 Å². The van der Waals surface area contributed by atoms with Crippen molar-refractivity contribution in [1.29, 1.82) is 0 Å². The molecule has 6 nitrogen and oxygen atoms in total. The van der Waals surface area contributed by atoms with Gasteiger partial charge in [-0.3, -0.25) is 0 Å². The second-order valence-electron chi connectivity index (χ2n) is 5.18. The molecular formula is C10H16F2N4O2. The molecule has 1 aliphatic rings. The zero-order valence-corrected chi connectivity index (χ0v) is 10.5. The van der Waals surface area contributed by atoms with Crippen LogP contribution in [0.4, 0.5) is 13.6 Å². The second-order valence-corrected chi connectivity index (χ2v) is 5.18. The number of alkyl carbamates (subject to hydrolysis) is 1. The molecule has 0 aromatic rings. The highest BCUT2D eigenvalue weighted by Gasteiger charge is 2.67. The van der Waals surface area contributed by atoms with Crippen molar-refractivity contribution in [2.24, 2.45) is 17.0 Å². The van der Waals surface area contributed by atoms with Crippen LogP contribution in [0.2, 0.25) is 0 Å². The maximum Gasteiger partial charge on any atom is 0.407 e. The fourth-order valence-electron chi connectivity index (χ4n) is 1.62. The topological polar surface area (TPSA) is 87.1 Å². The van der Waals surface area contributed by atoms with E-state index in [0.717, 1.165) is 0 Å². The van der Waals surface area contributed by atoms with Gasteiger partial charge in [0.25, 0.3) is 5.92 Å². The molecule has 1 fully saturated rings. The summed E-state index contributed by atoms with van der Waals surface area (Å²) in [6.07, 6.45) is -0.729. The van der Waals surface area contributed by atoms with Gasteiger partial charge in [-0.25, -0.2) is 13.6 Å². The van der Waals surface area contributed by atoms with E-state index in [9.17, 15) is 13.6 Å². The van der Waals surface area contributed by atoms with Gasteiger partial charge in [0.1, 0.15) is 5.60 Å². The lowest BCUT2D eigenvalue weighted by Crippen LogP contribution is -2.34. The van der Waals surface area contributed by atoms with E-state index in [4.69, 9.17) is 10.3 Å². The number of rotatable bonds is 4. The molecule has 102 valence electrons. The molecule has 0 bridgehead atoms. The average molecular weight is 262 g/mol. The zero-order valence-electron chi connectivity index (χ0n) is 10.5. The number of amides is 1. The highest BCUT2D eigenvalue weighted by molar-refractivity contribution is 5.67. The molecule has 1 rings (SSSR count). The fraction of sp³-hybridized carbons (Fsp3) is 0.900. The van der Waals surface area contributed by atoms with Crippen molar-refractivity contribution >= 4 is 6.09 Å². The third-order valence-corrected chi connectivity index (χ3v) is 2.57. The average Bonchev–Trinajstić information content (AvgIpc) is 2.71. The summed E-state index contributed by atoms with van der Waals surface area (Å²) in [6, 6.07) is 0. The van der Waals surface area contributed by atoms with Crippen molar-refractivity contribution in [3.63, 3.8) is 0 Å². The van der Waals surface area contributed by atoms with Crippen molar-refractivity contribution in [1.82, 2.24) is 5.32 Å². The standard InChI is InChI=1S/C10H16F2N4O2/c1-9(2,3)18-8(17)14-4-6-7(5-15-16-13)10(6,11)12/h6-7H,4-5H2,1-3H3,(H,14,17). The van der Waals surface area contributed by atoms with Crippen molar-refractivity contribution in [3.05, 3.63) is 10.4 Å². The highest BCUT2D eigenvalue weighted by atomic mass is 19.3. The summed E-state index contributed by atoms with van der Waals surface area (Å²) < 4.78 is 31.3. The van der Waals surface area contributed by atoms with Crippen LogP contribution in [-0.4, -0.2) is 30.7 Å².